The van der Waals surface area contributed by atoms with Crippen molar-refractivity contribution in [3.63, 3.8) is 0 Å². The second-order valence-corrected chi connectivity index (χ2v) is 6.85. The van der Waals surface area contributed by atoms with Crippen molar-refractivity contribution >= 4 is 21.6 Å². The Morgan fingerprint density at radius 2 is 1.64 bits per heavy atom. The number of carbonyl (C=O) groups is 1. The summed E-state index contributed by atoms with van der Waals surface area (Å²) >= 11 is 0. The van der Waals surface area contributed by atoms with Gasteiger partial charge in [0.25, 0.3) is 10.0 Å². The lowest BCUT2D eigenvalue weighted by Gasteiger charge is -2.22. The second-order valence-electron chi connectivity index (χ2n) is 5.06. The Balaban J connectivity index is 2.13. The fraction of sp³-hybridized carbons (Fsp3) is 0.0556. The average molecular weight is 357 g/mol. The van der Waals surface area contributed by atoms with Gasteiger partial charge in [-0.15, -0.1) is 0 Å². The van der Waals surface area contributed by atoms with E-state index in [1.54, 1.807) is 30.3 Å². The smallest absolute Gasteiger partial charge is 0.307 e. The van der Waals surface area contributed by atoms with Crippen LogP contribution in [0.3, 0.4) is 0 Å². The van der Waals surface area contributed by atoms with E-state index in [1.807, 2.05) is 0 Å². The summed E-state index contributed by atoms with van der Waals surface area (Å²) in [5.41, 5.74) is 0.186. The van der Waals surface area contributed by atoms with Crippen LogP contribution >= 0.6 is 0 Å². The first-order chi connectivity index (χ1) is 12.0. The zero-order valence-corrected chi connectivity index (χ0v) is 14.1. The van der Waals surface area contributed by atoms with E-state index in [1.165, 1.54) is 49.8 Å². The second kappa shape index (κ2) is 6.82. The maximum absolute atomic E-state index is 13.1. The molecule has 0 unspecified atom stereocenters. The molecule has 0 spiro atoms. The monoisotopic (exact) mass is 357 g/mol. The minimum Gasteiger partial charge on any atom is -0.497 e. The highest BCUT2D eigenvalue weighted by atomic mass is 32.2. The van der Waals surface area contributed by atoms with Crippen molar-refractivity contribution in [1.29, 1.82) is 0 Å². The molecule has 0 saturated heterocycles. The van der Waals surface area contributed by atoms with Crippen molar-refractivity contribution in [2.45, 2.75) is 4.90 Å². The van der Waals surface area contributed by atoms with Crippen LogP contribution < -0.4 is 9.04 Å². The molecule has 0 aliphatic carbocycles. The number of ether oxygens (including phenoxy) is 1. The van der Waals surface area contributed by atoms with Gasteiger partial charge in [0.15, 0.2) is 5.76 Å². The third-order valence-corrected chi connectivity index (χ3v) is 5.23. The van der Waals surface area contributed by atoms with Gasteiger partial charge in [0.1, 0.15) is 5.75 Å². The maximum atomic E-state index is 13.1. The Hall–Kier alpha value is -3.06. The van der Waals surface area contributed by atoms with Gasteiger partial charge in [-0.25, -0.2) is 8.42 Å². The van der Waals surface area contributed by atoms with E-state index >= 15 is 0 Å². The lowest BCUT2D eigenvalue weighted by molar-refractivity contribution is 0.0979. The zero-order chi connectivity index (χ0) is 17.9. The number of nitrogens with zero attached hydrogens (tertiary/aromatic N) is 1. The third-order valence-electron chi connectivity index (χ3n) is 3.50. The topological polar surface area (TPSA) is 76.8 Å². The number of amides is 1. The van der Waals surface area contributed by atoms with Crippen LogP contribution in [-0.2, 0) is 10.0 Å². The summed E-state index contributed by atoms with van der Waals surface area (Å²) in [5.74, 6) is -0.305. The molecule has 2 aromatic carbocycles. The predicted molar refractivity (Wildman–Crippen MR) is 92.1 cm³/mol. The number of methoxy groups -OCH3 is 1. The summed E-state index contributed by atoms with van der Waals surface area (Å²) in [6, 6.07) is 16.9. The van der Waals surface area contributed by atoms with Crippen LogP contribution in [0, 0.1) is 0 Å². The van der Waals surface area contributed by atoms with Crippen LogP contribution in [0.4, 0.5) is 5.69 Å². The highest BCUT2D eigenvalue weighted by molar-refractivity contribution is 7.93. The summed E-state index contributed by atoms with van der Waals surface area (Å²) in [4.78, 5) is 12.8. The minimum absolute atomic E-state index is 0.00530. The van der Waals surface area contributed by atoms with Crippen LogP contribution in [-0.4, -0.2) is 21.4 Å². The van der Waals surface area contributed by atoms with Gasteiger partial charge in [-0.05, 0) is 48.5 Å². The highest BCUT2D eigenvalue weighted by Crippen LogP contribution is 2.27. The molecule has 1 amide bonds. The van der Waals surface area contributed by atoms with Crippen molar-refractivity contribution in [3.8, 4) is 5.75 Å². The van der Waals surface area contributed by atoms with E-state index in [0.29, 0.717) is 5.75 Å². The predicted octanol–water partition coefficient (Wildman–Crippen LogP) is 3.32. The molecule has 0 radical (unpaired) electrons. The zero-order valence-electron chi connectivity index (χ0n) is 13.3. The Labute approximate surface area is 145 Å². The van der Waals surface area contributed by atoms with Gasteiger partial charge in [-0.3, -0.25) is 4.79 Å². The lowest BCUT2D eigenvalue weighted by Crippen LogP contribution is -2.36. The van der Waals surface area contributed by atoms with Gasteiger partial charge in [0.2, 0.25) is 0 Å². The molecule has 0 aliphatic heterocycles. The minimum atomic E-state index is -4.12. The van der Waals surface area contributed by atoms with Crippen LogP contribution in [0.1, 0.15) is 10.6 Å². The van der Waals surface area contributed by atoms with Crippen molar-refractivity contribution in [3.05, 3.63) is 78.8 Å². The SMILES string of the molecule is COc1ccc(N(C(=O)c2ccco2)S(=O)(=O)c2ccccc2)cc1. The van der Waals surface area contributed by atoms with Gasteiger partial charge >= 0.3 is 5.91 Å². The molecular formula is C18H15NO5S. The van der Waals surface area contributed by atoms with Crippen molar-refractivity contribution in [2.24, 2.45) is 0 Å². The van der Waals surface area contributed by atoms with Crippen LogP contribution in [0.25, 0.3) is 0 Å². The molecule has 25 heavy (non-hydrogen) atoms. The van der Waals surface area contributed by atoms with Gasteiger partial charge in [0, 0.05) is 0 Å². The lowest BCUT2D eigenvalue weighted by atomic mass is 10.3. The van der Waals surface area contributed by atoms with Gasteiger partial charge in [-0.2, -0.15) is 4.31 Å². The van der Waals surface area contributed by atoms with Crippen molar-refractivity contribution < 1.29 is 22.4 Å². The summed E-state index contributed by atoms with van der Waals surface area (Å²) in [5, 5.41) is 0. The number of hydrogen-bond donors (Lipinski definition) is 0. The van der Waals surface area contributed by atoms with Crippen LogP contribution in [0.5, 0.6) is 5.75 Å². The Morgan fingerprint density at radius 1 is 0.960 bits per heavy atom. The number of hydrogen-bond acceptors (Lipinski definition) is 5. The molecule has 0 N–H and O–H groups in total. The molecule has 0 bridgehead atoms. The van der Waals surface area contributed by atoms with E-state index in [0.717, 1.165) is 4.31 Å². The van der Waals surface area contributed by atoms with Crippen LogP contribution in [0.2, 0.25) is 0 Å². The van der Waals surface area contributed by atoms with Crippen LogP contribution in [0.15, 0.2) is 82.3 Å². The number of carbonyl (C=O) groups excluding carboxylic acids is 1. The molecule has 1 aromatic heterocycles. The molecule has 128 valence electrons. The molecule has 0 atom stereocenters. The quantitative estimate of drug-likeness (QED) is 0.700. The standard InChI is InChI=1S/C18H15NO5S/c1-23-15-11-9-14(10-12-15)19(18(20)17-8-5-13-24-17)25(21,22)16-6-3-2-4-7-16/h2-13H,1H3. The van der Waals surface area contributed by atoms with E-state index < -0.39 is 15.9 Å². The Bertz CT molecular complexity index is 948. The molecule has 6 nitrogen and oxygen atoms in total. The fourth-order valence-electron chi connectivity index (χ4n) is 2.28. The highest BCUT2D eigenvalue weighted by Gasteiger charge is 2.33. The normalized spacial score (nSPS) is 11.1. The first kappa shape index (κ1) is 16.8. The molecule has 1 heterocycles. The number of sulfonamides is 1. The van der Waals surface area contributed by atoms with Crippen molar-refractivity contribution in [2.75, 3.05) is 11.4 Å². The van der Waals surface area contributed by atoms with E-state index in [2.05, 4.69) is 0 Å². The first-order valence-corrected chi connectivity index (χ1v) is 8.80. The number of furan rings is 1. The van der Waals surface area contributed by atoms with E-state index in [9.17, 15) is 13.2 Å². The average Bonchev–Trinajstić information content (AvgIpc) is 3.18. The Kier molecular flexibility index (Phi) is 4.58. The molecule has 3 rings (SSSR count). The molecule has 0 aliphatic rings. The molecule has 0 saturated carbocycles. The largest absolute Gasteiger partial charge is 0.497 e. The van der Waals surface area contributed by atoms with Gasteiger partial charge < -0.3 is 9.15 Å². The molecule has 3 aromatic rings. The summed E-state index contributed by atoms with van der Waals surface area (Å²) in [7, 11) is -2.61. The summed E-state index contributed by atoms with van der Waals surface area (Å²) in [6.45, 7) is 0. The fourth-order valence-corrected chi connectivity index (χ4v) is 3.70. The first-order valence-electron chi connectivity index (χ1n) is 7.36. The third kappa shape index (κ3) is 3.27. The maximum Gasteiger partial charge on any atom is 0.307 e. The number of benzene rings is 2. The summed E-state index contributed by atoms with van der Waals surface area (Å²) in [6.07, 6.45) is 1.31. The number of anilines is 1. The van der Waals surface area contributed by atoms with Gasteiger partial charge in [0.05, 0.1) is 24.0 Å². The number of rotatable bonds is 5. The molecule has 0 fully saturated rings. The molecule has 7 heteroatoms. The Morgan fingerprint density at radius 3 is 2.20 bits per heavy atom. The van der Waals surface area contributed by atoms with Crippen molar-refractivity contribution in [1.82, 2.24) is 0 Å². The molecular weight excluding hydrogens is 342 g/mol. The summed E-state index contributed by atoms with van der Waals surface area (Å²) < 4.78 is 37.0. The van der Waals surface area contributed by atoms with E-state index in [-0.39, 0.29) is 16.3 Å². The van der Waals surface area contributed by atoms with E-state index in [4.69, 9.17) is 9.15 Å². The van der Waals surface area contributed by atoms with Gasteiger partial charge in [-0.1, -0.05) is 18.2 Å².